The van der Waals surface area contributed by atoms with E-state index in [1.54, 1.807) is 6.07 Å². The van der Waals surface area contributed by atoms with E-state index in [0.29, 0.717) is 18.5 Å². The highest BCUT2D eigenvalue weighted by Gasteiger charge is 2.37. The third-order valence-electron chi connectivity index (χ3n) is 6.07. The number of hydrogen-bond donors (Lipinski definition) is 1. The Balaban J connectivity index is 1.43. The van der Waals surface area contributed by atoms with E-state index < -0.39 is 18.1 Å². The number of carboxylic acids is 1. The first kappa shape index (κ1) is 18.4. The molecule has 0 fully saturated rings. The second-order valence-corrected chi connectivity index (χ2v) is 7.70. The summed E-state index contributed by atoms with van der Waals surface area (Å²) in [7, 11) is 0. The first-order chi connectivity index (χ1) is 14.6. The zero-order valence-corrected chi connectivity index (χ0v) is 16.3. The average Bonchev–Trinajstić information content (AvgIpc) is 3.10. The number of fused-ring (bicyclic) bond motifs is 4. The van der Waals surface area contributed by atoms with Crippen LogP contribution in [0.3, 0.4) is 0 Å². The predicted molar refractivity (Wildman–Crippen MR) is 114 cm³/mol. The molecule has 5 heteroatoms. The summed E-state index contributed by atoms with van der Waals surface area (Å²) >= 11 is 0. The van der Waals surface area contributed by atoms with Crippen molar-refractivity contribution in [1.29, 1.82) is 0 Å². The molecule has 0 radical (unpaired) electrons. The number of carbonyl (C=O) groups excluding carboxylic acids is 1. The molecule has 2 aliphatic rings. The number of ether oxygens (including phenoxy) is 1. The molecule has 1 amide bonds. The number of para-hydroxylation sites is 1. The maximum atomic E-state index is 13.1. The van der Waals surface area contributed by atoms with Crippen LogP contribution in [0, 0.1) is 0 Å². The van der Waals surface area contributed by atoms with Gasteiger partial charge in [0.2, 0.25) is 0 Å². The number of aliphatic carboxylic acids is 1. The molecule has 1 heterocycles. The summed E-state index contributed by atoms with van der Waals surface area (Å²) in [5, 5.41) is 9.67. The largest absolute Gasteiger partial charge is 0.480 e. The van der Waals surface area contributed by atoms with Crippen molar-refractivity contribution in [3.63, 3.8) is 0 Å². The Labute approximate surface area is 174 Å². The lowest BCUT2D eigenvalue weighted by Gasteiger charge is -2.34. The quantitative estimate of drug-likeness (QED) is 0.684. The second kappa shape index (κ2) is 7.34. The highest BCUT2D eigenvalue weighted by atomic mass is 16.6. The van der Waals surface area contributed by atoms with Crippen molar-refractivity contribution in [3.8, 4) is 11.1 Å². The van der Waals surface area contributed by atoms with Crippen LogP contribution in [0.5, 0.6) is 0 Å². The molecule has 5 rings (SSSR count). The van der Waals surface area contributed by atoms with Crippen molar-refractivity contribution in [2.24, 2.45) is 0 Å². The summed E-state index contributed by atoms with van der Waals surface area (Å²) in [6, 6.07) is 22.8. The predicted octanol–water partition coefficient (Wildman–Crippen LogP) is 4.84. The van der Waals surface area contributed by atoms with Crippen LogP contribution in [0.2, 0.25) is 0 Å². The Morgan fingerprint density at radius 3 is 2.17 bits per heavy atom. The summed E-state index contributed by atoms with van der Waals surface area (Å²) in [5.41, 5.74) is 6.14. The number of nitrogens with zero attached hydrogens (tertiary/aromatic N) is 1. The van der Waals surface area contributed by atoms with Gasteiger partial charge in [0, 0.05) is 5.92 Å². The van der Waals surface area contributed by atoms with Crippen LogP contribution in [0.25, 0.3) is 11.1 Å². The molecule has 0 spiro atoms. The molecule has 5 nitrogen and oxygen atoms in total. The molecule has 1 aliphatic heterocycles. The fourth-order valence-corrected chi connectivity index (χ4v) is 4.67. The van der Waals surface area contributed by atoms with Gasteiger partial charge in [-0.1, -0.05) is 66.7 Å². The second-order valence-electron chi connectivity index (χ2n) is 7.70. The van der Waals surface area contributed by atoms with E-state index in [-0.39, 0.29) is 12.5 Å². The zero-order valence-electron chi connectivity index (χ0n) is 16.3. The van der Waals surface area contributed by atoms with Gasteiger partial charge in [0.25, 0.3) is 0 Å². The number of aryl methyl sites for hydroxylation is 1. The van der Waals surface area contributed by atoms with Crippen LogP contribution in [-0.2, 0) is 16.0 Å². The Morgan fingerprint density at radius 1 is 0.900 bits per heavy atom. The van der Waals surface area contributed by atoms with Gasteiger partial charge in [0.15, 0.2) is 0 Å². The number of amides is 1. The fraction of sp³-hybridized carbons (Fsp3) is 0.200. The minimum absolute atomic E-state index is 0.0651. The SMILES string of the molecule is O=C(O)[C@@H]1CCc2ccccc2N1C(=O)OCC1c2ccccc2-c2ccccc21. The van der Waals surface area contributed by atoms with Gasteiger partial charge in [-0.05, 0) is 46.7 Å². The third kappa shape index (κ3) is 2.94. The van der Waals surface area contributed by atoms with Gasteiger partial charge in [-0.2, -0.15) is 0 Å². The molecule has 1 atom stereocenters. The van der Waals surface area contributed by atoms with Gasteiger partial charge in [0.1, 0.15) is 12.6 Å². The van der Waals surface area contributed by atoms with Gasteiger partial charge >= 0.3 is 12.1 Å². The molecule has 3 aromatic carbocycles. The molecule has 0 unspecified atom stereocenters. The Bertz CT molecular complexity index is 1090. The smallest absolute Gasteiger partial charge is 0.415 e. The summed E-state index contributed by atoms with van der Waals surface area (Å²) in [6.45, 7) is 0.165. The van der Waals surface area contributed by atoms with E-state index in [9.17, 15) is 14.7 Å². The van der Waals surface area contributed by atoms with Crippen molar-refractivity contribution < 1.29 is 19.4 Å². The Hall–Kier alpha value is -3.60. The van der Waals surface area contributed by atoms with Gasteiger partial charge in [-0.25, -0.2) is 9.59 Å². The summed E-state index contributed by atoms with van der Waals surface area (Å²) in [6.07, 6.45) is 0.382. The van der Waals surface area contributed by atoms with Crippen LogP contribution < -0.4 is 4.90 Å². The Morgan fingerprint density at radius 2 is 1.50 bits per heavy atom. The first-order valence-corrected chi connectivity index (χ1v) is 10.1. The standard InChI is InChI=1S/C25H21NO4/c27-24(28)23-14-13-16-7-1-6-12-22(16)26(23)25(29)30-15-21-19-10-4-2-8-17(19)18-9-3-5-11-20(18)21/h1-12,21,23H,13-15H2,(H,27,28)/t23-/m0/s1. The van der Waals surface area contributed by atoms with Crippen molar-refractivity contribution >= 4 is 17.7 Å². The molecule has 1 N–H and O–H groups in total. The van der Waals surface area contributed by atoms with Crippen molar-refractivity contribution in [2.45, 2.75) is 24.8 Å². The minimum Gasteiger partial charge on any atom is -0.480 e. The lowest BCUT2D eigenvalue weighted by molar-refractivity contribution is -0.138. The van der Waals surface area contributed by atoms with Crippen molar-refractivity contribution in [2.75, 3.05) is 11.5 Å². The van der Waals surface area contributed by atoms with Crippen LogP contribution in [0.1, 0.15) is 29.0 Å². The topological polar surface area (TPSA) is 66.8 Å². The number of carbonyl (C=O) groups is 2. The summed E-state index contributed by atoms with van der Waals surface area (Å²) in [4.78, 5) is 26.2. The molecular formula is C25H21NO4. The van der Waals surface area contributed by atoms with Gasteiger partial charge in [-0.15, -0.1) is 0 Å². The number of anilines is 1. The molecule has 0 aromatic heterocycles. The summed E-state index contributed by atoms with van der Waals surface area (Å²) in [5.74, 6) is -1.08. The minimum atomic E-state index is -1.02. The summed E-state index contributed by atoms with van der Waals surface area (Å²) < 4.78 is 5.74. The highest BCUT2D eigenvalue weighted by Crippen LogP contribution is 2.44. The third-order valence-corrected chi connectivity index (χ3v) is 6.07. The van der Waals surface area contributed by atoms with Crippen molar-refractivity contribution in [3.05, 3.63) is 89.5 Å². The first-order valence-electron chi connectivity index (χ1n) is 10.1. The Kier molecular flexibility index (Phi) is 4.51. The van der Waals surface area contributed by atoms with Crippen molar-refractivity contribution in [1.82, 2.24) is 0 Å². The fourth-order valence-electron chi connectivity index (χ4n) is 4.67. The number of hydrogen-bond acceptors (Lipinski definition) is 3. The number of carboxylic acid groups (broad SMARTS) is 1. The van der Waals surface area contributed by atoms with E-state index in [2.05, 4.69) is 24.3 Å². The molecule has 0 saturated carbocycles. The molecule has 3 aromatic rings. The molecule has 1 aliphatic carbocycles. The van der Waals surface area contributed by atoms with Crippen LogP contribution in [0.15, 0.2) is 72.8 Å². The average molecular weight is 399 g/mol. The van der Waals surface area contributed by atoms with E-state index >= 15 is 0 Å². The van der Waals surface area contributed by atoms with Crippen LogP contribution in [-0.4, -0.2) is 29.8 Å². The molecule has 30 heavy (non-hydrogen) atoms. The lowest BCUT2D eigenvalue weighted by Crippen LogP contribution is -2.48. The van der Waals surface area contributed by atoms with Gasteiger partial charge in [0.05, 0.1) is 5.69 Å². The zero-order chi connectivity index (χ0) is 20.7. The maximum absolute atomic E-state index is 13.1. The molecule has 0 bridgehead atoms. The van der Waals surface area contributed by atoms with Crippen LogP contribution >= 0.6 is 0 Å². The van der Waals surface area contributed by atoms with E-state index in [1.807, 2.05) is 42.5 Å². The van der Waals surface area contributed by atoms with E-state index in [4.69, 9.17) is 4.74 Å². The van der Waals surface area contributed by atoms with Gasteiger partial charge < -0.3 is 9.84 Å². The molecule has 0 saturated heterocycles. The monoisotopic (exact) mass is 399 g/mol. The van der Waals surface area contributed by atoms with Crippen LogP contribution in [0.4, 0.5) is 10.5 Å². The number of benzene rings is 3. The van der Waals surface area contributed by atoms with Gasteiger partial charge in [-0.3, -0.25) is 4.90 Å². The van der Waals surface area contributed by atoms with E-state index in [0.717, 1.165) is 27.8 Å². The molecule has 150 valence electrons. The van der Waals surface area contributed by atoms with E-state index in [1.165, 1.54) is 4.90 Å². The highest BCUT2D eigenvalue weighted by molar-refractivity contribution is 5.96. The molecular weight excluding hydrogens is 378 g/mol. The number of rotatable bonds is 3. The lowest BCUT2D eigenvalue weighted by atomic mass is 9.96. The normalized spacial score (nSPS) is 17.1. The maximum Gasteiger partial charge on any atom is 0.415 e.